The molecule has 1 N–H and O–H groups in total. The Morgan fingerprint density at radius 2 is 1.93 bits per heavy atom. The zero-order chi connectivity index (χ0) is 19.4. The van der Waals surface area contributed by atoms with Gasteiger partial charge in [0.2, 0.25) is 10.0 Å². The van der Waals surface area contributed by atoms with E-state index >= 15 is 0 Å². The lowest BCUT2D eigenvalue weighted by Crippen LogP contribution is -2.35. The van der Waals surface area contributed by atoms with Crippen molar-refractivity contribution in [3.8, 4) is 11.5 Å². The topological polar surface area (TPSA) is 84.9 Å². The summed E-state index contributed by atoms with van der Waals surface area (Å²) in [6.45, 7) is 2.63. The zero-order valence-corrected chi connectivity index (χ0v) is 16.0. The van der Waals surface area contributed by atoms with Gasteiger partial charge in [0.1, 0.15) is 11.5 Å². The zero-order valence-electron chi connectivity index (χ0n) is 15.2. The van der Waals surface area contributed by atoms with Crippen LogP contribution in [-0.4, -0.2) is 39.8 Å². The highest BCUT2D eigenvalue weighted by atomic mass is 32.2. The lowest BCUT2D eigenvalue weighted by atomic mass is 10.2. The second kappa shape index (κ2) is 7.87. The van der Waals surface area contributed by atoms with Crippen molar-refractivity contribution in [3.63, 3.8) is 0 Å². The standard InChI is InChI=1S/C19H22N2O5S/c1-3-25-15-10-8-14(9-11-15)20-19(22)18-12-13-21(27(2,23)24)16-6-4-5-7-17(16)26-18/h4-11,18H,3,12-13H2,1-2H3,(H,20,22)/t18-/m0/s1. The Morgan fingerprint density at radius 3 is 2.59 bits per heavy atom. The molecule has 8 heteroatoms. The number of sulfonamides is 1. The molecule has 0 bridgehead atoms. The average Bonchev–Trinajstić information content (AvgIpc) is 2.83. The van der Waals surface area contributed by atoms with E-state index in [0.717, 1.165) is 12.0 Å². The maximum atomic E-state index is 12.7. The first-order valence-electron chi connectivity index (χ1n) is 8.65. The number of hydrogen-bond donors (Lipinski definition) is 1. The van der Waals surface area contributed by atoms with Crippen LogP contribution in [0.25, 0.3) is 0 Å². The fourth-order valence-corrected chi connectivity index (χ4v) is 3.83. The molecule has 2 aromatic rings. The van der Waals surface area contributed by atoms with E-state index in [9.17, 15) is 13.2 Å². The van der Waals surface area contributed by atoms with Gasteiger partial charge in [0.05, 0.1) is 18.6 Å². The van der Waals surface area contributed by atoms with Crippen LogP contribution >= 0.6 is 0 Å². The largest absolute Gasteiger partial charge is 0.494 e. The van der Waals surface area contributed by atoms with Gasteiger partial charge in [0.25, 0.3) is 5.91 Å². The number of nitrogens with zero attached hydrogens (tertiary/aromatic N) is 1. The van der Waals surface area contributed by atoms with Gasteiger partial charge < -0.3 is 14.8 Å². The molecule has 1 aliphatic rings. The molecule has 1 atom stereocenters. The lowest BCUT2D eigenvalue weighted by molar-refractivity contribution is -0.122. The van der Waals surface area contributed by atoms with Gasteiger partial charge in [-0.2, -0.15) is 0 Å². The number of anilines is 2. The van der Waals surface area contributed by atoms with Gasteiger partial charge in [-0.1, -0.05) is 12.1 Å². The predicted molar refractivity (Wildman–Crippen MR) is 104 cm³/mol. The van der Waals surface area contributed by atoms with E-state index in [1.165, 1.54) is 4.31 Å². The molecule has 3 rings (SSSR count). The van der Waals surface area contributed by atoms with Gasteiger partial charge in [0.15, 0.2) is 6.10 Å². The molecule has 0 saturated heterocycles. The number of fused-ring (bicyclic) bond motifs is 1. The normalized spacial score (nSPS) is 16.7. The van der Waals surface area contributed by atoms with E-state index in [2.05, 4.69) is 5.32 Å². The number of hydrogen-bond acceptors (Lipinski definition) is 5. The van der Waals surface area contributed by atoms with Gasteiger partial charge in [0, 0.05) is 18.7 Å². The number of rotatable bonds is 5. The lowest BCUT2D eigenvalue weighted by Gasteiger charge is -2.20. The van der Waals surface area contributed by atoms with Crippen LogP contribution in [0.15, 0.2) is 48.5 Å². The SMILES string of the molecule is CCOc1ccc(NC(=O)[C@@H]2CCN(S(C)(=O)=O)c3ccccc3O2)cc1. The molecule has 0 unspecified atom stereocenters. The fraction of sp³-hybridized carbons (Fsp3) is 0.316. The van der Waals surface area contributed by atoms with Crippen molar-refractivity contribution in [2.45, 2.75) is 19.4 Å². The van der Waals surface area contributed by atoms with Crippen LogP contribution in [0.5, 0.6) is 11.5 Å². The van der Waals surface area contributed by atoms with Crippen molar-refractivity contribution in [1.29, 1.82) is 0 Å². The monoisotopic (exact) mass is 390 g/mol. The molecule has 0 radical (unpaired) electrons. The summed E-state index contributed by atoms with van der Waals surface area (Å²) < 4.78 is 36.7. The van der Waals surface area contributed by atoms with Crippen molar-refractivity contribution >= 4 is 27.3 Å². The number of nitrogens with one attached hydrogen (secondary N) is 1. The van der Waals surface area contributed by atoms with E-state index < -0.39 is 16.1 Å². The Morgan fingerprint density at radius 1 is 1.22 bits per heavy atom. The first-order valence-corrected chi connectivity index (χ1v) is 10.5. The maximum absolute atomic E-state index is 12.7. The third-order valence-electron chi connectivity index (χ3n) is 4.12. The highest BCUT2D eigenvalue weighted by Crippen LogP contribution is 2.34. The Hall–Kier alpha value is -2.74. The molecular weight excluding hydrogens is 368 g/mol. The van der Waals surface area contributed by atoms with Crippen LogP contribution < -0.4 is 19.1 Å². The number of benzene rings is 2. The highest BCUT2D eigenvalue weighted by Gasteiger charge is 2.31. The second-order valence-electron chi connectivity index (χ2n) is 6.14. The van der Waals surface area contributed by atoms with Crippen molar-refractivity contribution in [3.05, 3.63) is 48.5 Å². The predicted octanol–water partition coefficient (Wildman–Crippen LogP) is 2.64. The molecule has 1 heterocycles. The van der Waals surface area contributed by atoms with Crippen molar-refractivity contribution in [2.75, 3.05) is 29.0 Å². The molecule has 144 valence electrons. The fourth-order valence-electron chi connectivity index (χ4n) is 2.88. The van der Waals surface area contributed by atoms with Crippen LogP contribution in [0, 0.1) is 0 Å². The number of ether oxygens (including phenoxy) is 2. The Balaban J connectivity index is 1.77. The summed E-state index contributed by atoms with van der Waals surface area (Å²) in [5.74, 6) is 0.760. The maximum Gasteiger partial charge on any atom is 0.265 e. The van der Waals surface area contributed by atoms with Gasteiger partial charge in [-0.3, -0.25) is 9.10 Å². The summed E-state index contributed by atoms with van der Waals surface area (Å²) in [5.41, 5.74) is 1.06. The summed E-state index contributed by atoms with van der Waals surface area (Å²) in [4.78, 5) is 12.7. The third kappa shape index (κ3) is 4.51. The summed E-state index contributed by atoms with van der Waals surface area (Å²) in [6.07, 6.45) is 0.582. The molecular formula is C19H22N2O5S. The first-order chi connectivity index (χ1) is 12.9. The molecule has 2 aromatic carbocycles. The smallest absolute Gasteiger partial charge is 0.265 e. The highest BCUT2D eigenvalue weighted by molar-refractivity contribution is 7.92. The molecule has 0 aromatic heterocycles. The molecule has 0 saturated carbocycles. The molecule has 27 heavy (non-hydrogen) atoms. The third-order valence-corrected chi connectivity index (χ3v) is 5.30. The van der Waals surface area contributed by atoms with Crippen molar-refractivity contribution < 1.29 is 22.7 Å². The van der Waals surface area contributed by atoms with Crippen molar-refractivity contribution in [2.24, 2.45) is 0 Å². The number of carbonyl (C=O) groups excluding carboxylic acids is 1. The molecule has 1 aliphatic heterocycles. The minimum atomic E-state index is -3.47. The number of carbonyl (C=O) groups is 1. The minimum Gasteiger partial charge on any atom is -0.494 e. The van der Waals surface area contributed by atoms with Gasteiger partial charge in [-0.25, -0.2) is 8.42 Å². The minimum absolute atomic E-state index is 0.164. The molecule has 1 amide bonds. The summed E-state index contributed by atoms with van der Waals surface area (Å²) in [7, 11) is -3.47. The molecule has 0 spiro atoms. The van der Waals surface area contributed by atoms with Crippen LogP contribution in [0.3, 0.4) is 0 Å². The summed E-state index contributed by atoms with van der Waals surface area (Å²) in [6, 6.07) is 13.8. The van der Waals surface area contributed by atoms with Crippen LogP contribution in [0.4, 0.5) is 11.4 Å². The van der Waals surface area contributed by atoms with E-state index in [1.807, 2.05) is 6.92 Å². The van der Waals surface area contributed by atoms with Crippen molar-refractivity contribution in [1.82, 2.24) is 0 Å². The summed E-state index contributed by atoms with van der Waals surface area (Å²) in [5, 5.41) is 2.81. The van der Waals surface area contributed by atoms with E-state index in [1.54, 1.807) is 48.5 Å². The molecule has 7 nitrogen and oxygen atoms in total. The second-order valence-corrected chi connectivity index (χ2v) is 8.05. The van der Waals surface area contributed by atoms with Crippen LogP contribution in [0.1, 0.15) is 13.3 Å². The number of para-hydroxylation sites is 2. The molecule has 0 fully saturated rings. The molecule has 0 aliphatic carbocycles. The summed E-state index contributed by atoms with van der Waals surface area (Å²) >= 11 is 0. The van der Waals surface area contributed by atoms with Crippen LogP contribution in [0.2, 0.25) is 0 Å². The van der Waals surface area contributed by atoms with E-state index in [4.69, 9.17) is 9.47 Å². The average molecular weight is 390 g/mol. The number of amides is 1. The quantitative estimate of drug-likeness (QED) is 0.848. The Kier molecular flexibility index (Phi) is 5.55. The van der Waals surface area contributed by atoms with Crippen LogP contribution in [-0.2, 0) is 14.8 Å². The van der Waals surface area contributed by atoms with Gasteiger partial charge in [-0.15, -0.1) is 0 Å². The Bertz CT molecular complexity index is 912. The first kappa shape index (κ1) is 19.0. The van der Waals surface area contributed by atoms with E-state index in [-0.39, 0.29) is 18.9 Å². The van der Waals surface area contributed by atoms with Gasteiger partial charge in [-0.05, 0) is 43.3 Å². The van der Waals surface area contributed by atoms with Gasteiger partial charge >= 0.3 is 0 Å². The Labute approximate surface area is 158 Å². The van der Waals surface area contributed by atoms with E-state index in [0.29, 0.717) is 23.7 Å².